The third kappa shape index (κ3) is 8.32. The zero-order valence-corrected chi connectivity index (χ0v) is 28.5. The van der Waals surface area contributed by atoms with Crippen LogP contribution in [-0.4, -0.2) is 64.6 Å². The zero-order chi connectivity index (χ0) is 36.0. The fourth-order valence-corrected chi connectivity index (χ4v) is 6.10. The fraction of sp³-hybridized carbons (Fsp3) is 0.278. The number of fused-ring (bicyclic) bond motifs is 1. The Morgan fingerprint density at radius 2 is 1.62 bits per heavy atom. The third-order valence-corrected chi connectivity index (χ3v) is 8.73. The molecule has 3 aromatic carbocycles. The molecule has 0 bridgehead atoms. The zero-order valence-electron chi connectivity index (χ0n) is 27.0. The molecule has 0 saturated heterocycles. The van der Waals surface area contributed by atoms with Crippen LogP contribution in [0, 0.1) is 5.92 Å². The molecule has 1 aliphatic heterocycles. The lowest BCUT2D eigenvalue weighted by Gasteiger charge is -2.29. The lowest BCUT2D eigenvalue weighted by Crippen LogP contribution is -2.55. The Morgan fingerprint density at radius 1 is 0.940 bits per heavy atom. The average molecular weight is 723 g/mol. The van der Waals surface area contributed by atoms with Crippen LogP contribution in [0.15, 0.2) is 88.4 Å². The quantitative estimate of drug-likeness (QED) is 0.139. The van der Waals surface area contributed by atoms with Gasteiger partial charge >= 0.3 is 11.9 Å². The summed E-state index contributed by atoms with van der Waals surface area (Å²) in [5.74, 6) is -4.72. The predicted molar refractivity (Wildman–Crippen MR) is 184 cm³/mol. The molecule has 2 amide bonds. The number of hydrogen-bond donors (Lipinski definition) is 3. The van der Waals surface area contributed by atoms with Crippen LogP contribution in [0.5, 0.6) is 0 Å². The van der Waals surface area contributed by atoms with E-state index < -0.39 is 60.2 Å². The van der Waals surface area contributed by atoms with Gasteiger partial charge in [-0.15, -0.1) is 0 Å². The number of oxime groups is 1. The van der Waals surface area contributed by atoms with Crippen molar-refractivity contribution in [3.8, 4) is 0 Å². The number of carboxylic acids is 1. The van der Waals surface area contributed by atoms with Crippen molar-refractivity contribution in [2.45, 2.75) is 50.8 Å². The van der Waals surface area contributed by atoms with Crippen LogP contribution in [0.4, 0.5) is 0 Å². The summed E-state index contributed by atoms with van der Waals surface area (Å²) in [4.78, 5) is 71.0. The number of ether oxygens (including phenoxy) is 1. The average Bonchev–Trinajstić information content (AvgIpc) is 3.71. The van der Waals surface area contributed by atoms with Gasteiger partial charge < -0.3 is 29.7 Å². The van der Waals surface area contributed by atoms with Gasteiger partial charge in [0.1, 0.15) is 11.6 Å². The topological polar surface area (TPSA) is 174 Å². The van der Waals surface area contributed by atoms with E-state index in [9.17, 15) is 29.1 Å². The Labute approximate surface area is 296 Å². The highest BCUT2D eigenvalue weighted by Crippen LogP contribution is 2.32. The number of para-hydroxylation sites is 1. The third-order valence-electron chi connectivity index (χ3n) is 8.10. The van der Waals surface area contributed by atoms with Crippen molar-refractivity contribution in [1.29, 1.82) is 0 Å². The van der Waals surface area contributed by atoms with Gasteiger partial charge in [0.15, 0.2) is 18.2 Å². The molecular weight excluding hydrogens is 689 g/mol. The Kier molecular flexibility index (Phi) is 11.2. The van der Waals surface area contributed by atoms with Gasteiger partial charge in [0.25, 0.3) is 11.8 Å². The summed E-state index contributed by atoms with van der Waals surface area (Å²) in [6.07, 6.45) is -0.930. The minimum Gasteiger partial charge on any atom is -0.481 e. The molecule has 2 heterocycles. The first kappa shape index (κ1) is 36.1. The van der Waals surface area contributed by atoms with Crippen molar-refractivity contribution >= 4 is 69.4 Å². The second-order valence-electron chi connectivity index (χ2n) is 12.1. The second-order valence-corrected chi connectivity index (χ2v) is 12.9. The van der Waals surface area contributed by atoms with E-state index in [1.165, 1.54) is 18.2 Å². The number of nitrogens with one attached hydrogen (secondary N) is 2. The fourth-order valence-electron chi connectivity index (χ4n) is 5.55. The van der Waals surface area contributed by atoms with Crippen LogP contribution in [0.25, 0.3) is 11.0 Å². The maximum atomic E-state index is 14.1. The molecule has 1 aromatic heterocycles. The molecular formula is C36H33Cl2N3O9. The molecule has 5 rings (SSSR count). The predicted octanol–water partition coefficient (Wildman–Crippen LogP) is 5.64. The highest BCUT2D eigenvalue weighted by atomic mass is 35.5. The van der Waals surface area contributed by atoms with Crippen LogP contribution in [0.2, 0.25) is 10.0 Å². The van der Waals surface area contributed by atoms with Gasteiger partial charge in [0.2, 0.25) is 5.60 Å². The standard InChI is InChI=1S/C36H33Cl2N3O9/c1-20(2)32(40-33(45)29-15-22-11-6-7-14-28(22)49-29)26-18-36(50-41-26,17-21-9-4-3-5-10-21)35(47)39-25(16-30(43)44)27(42)19-48-34(46)31-23(37)12-8-13-24(31)38/h3-15,20,25,32H,16-19H2,1-2H3,(H,39,47)(H,40,45)(H,43,44)/t25-,32-,36?/m0/s1. The maximum absolute atomic E-state index is 14.1. The summed E-state index contributed by atoms with van der Waals surface area (Å²) in [5.41, 5.74) is -0.306. The number of halogens is 2. The number of nitrogens with zero attached hydrogens (tertiary/aromatic N) is 1. The lowest BCUT2D eigenvalue weighted by molar-refractivity contribution is -0.148. The van der Waals surface area contributed by atoms with Gasteiger partial charge in [-0.25, -0.2) is 4.79 Å². The number of carbonyl (C=O) groups excluding carboxylic acids is 4. The number of carboxylic acid groups (broad SMARTS) is 1. The number of hydrogen-bond acceptors (Lipinski definition) is 9. The number of carbonyl (C=O) groups is 5. The number of amides is 2. The maximum Gasteiger partial charge on any atom is 0.341 e. The van der Waals surface area contributed by atoms with Crippen LogP contribution in [0.1, 0.15) is 53.2 Å². The summed E-state index contributed by atoms with van der Waals surface area (Å²) in [6, 6.07) is 19.8. The van der Waals surface area contributed by atoms with E-state index >= 15 is 0 Å². The highest BCUT2D eigenvalue weighted by Gasteiger charge is 2.49. The van der Waals surface area contributed by atoms with Crippen LogP contribution >= 0.6 is 23.2 Å². The summed E-state index contributed by atoms with van der Waals surface area (Å²) in [5, 5.41) is 20.0. The molecule has 50 heavy (non-hydrogen) atoms. The summed E-state index contributed by atoms with van der Waals surface area (Å²) in [7, 11) is 0. The molecule has 0 aliphatic carbocycles. The smallest absolute Gasteiger partial charge is 0.341 e. The van der Waals surface area contributed by atoms with E-state index in [4.69, 9.17) is 37.2 Å². The van der Waals surface area contributed by atoms with Gasteiger partial charge in [-0.3, -0.25) is 19.2 Å². The van der Waals surface area contributed by atoms with Gasteiger partial charge in [-0.2, -0.15) is 0 Å². The normalized spacial score (nSPS) is 16.6. The van der Waals surface area contributed by atoms with Crippen molar-refractivity contribution in [1.82, 2.24) is 10.6 Å². The Hall–Kier alpha value is -5.20. The molecule has 3 N–H and O–H groups in total. The van der Waals surface area contributed by atoms with E-state index in [1.807, 2.05) is 26.0 Å². The number of Topliss-reactive ketones (excluding diaryl/α,β-unsaturated/α-hetero) is 1. The number of furan rings is 1. The van der Waals surface area contributed by atoms with E-state index in [-0.39, 0.29) is 40.1 Å². The SMILES string of the molecule is CC(C)[C@H](NC(=O)c1cc2ccccc2o1)C1=NOC(Cc2ccccc2)(C(=O)N[C@@H](CC(=O)O)C(=O)COC(=O)c2c(Cl)cccc2Cl)C1. The molecule has 3 atom stereocenters. The molecule has 4 aromatic rings. The highest BCUT2D eigenvalue weighted by molar-refractivity contribution is 6.39. The minimum atomic E-state index is -1.73. The number of benzene rings is 3. The minimum absolute atomic E-state index is 0.00384. The summed E-state index contributed by atoms with van der Waals surface area (Å²) in [6.45, 7) is 2.85. The molecule has 260 valence electrons. The van der Waals surface area contributed by atoms with Gasteiger partial charge in [-0.05, 0) is 35.7 Å². The lowest BCUT2D eigenvalue weighted by atomic mass is 9.84. The molecule has 0 saturated carbocycles. The van der Waals surface area contributed by atoms with Gasteiger partial charge in [0.05, 0.1) is 33.8 Å². The van der Waals surface area contributed by atoms with Crippen molar-refractivity contribution in [2.24, 2.45) is 11.1 Å². The van der Waals surface area contributed by atoms with E-state index in [1.54, 1.807) is 48.5 Å². The largest absolute Gasteiger partial charge is 0.481 e. The van der Waals surface area contributed by atoms with Crippen molar-refractivity contribution in [3.63, 3.8) is 0 Å². The number of rotatable bonds is 14. The first-order valence-corrected chi connectivity index (χ1v) is 16.4. The molecule has 1 aliphatic rings. The first-order chi connectivity index (χ1) is 23.9. The second kappa shape index (κ2) is 15.6. The molecule has 1 unspecified atom stereocenters. The molecule has 12 nitrogen and oxygen atoms in total. The Balaban J connectivity index is 1.35. The van der Waals surface area contributed by atoms with Crippen molar-refractivity contribution < 1.29 is 43.1 Å². The molecule has 14 heteroatoms. The van der Waals surface area contributed by atoms with Crippen molar-refractivity contribution in [2.75, 3.05) is 6.61 Å². The van der Waals surface area contributed by atoms with E-state index in [2.05, 4.69) is 15.8 Å². The summed E-state index contributed by atoms with van der Waals surface area (Å²) < 4.78 is 10.8. The van der Waals surface area contributed by atoms with E-state index in [0.717, 1.165) is 5.39 Å². The van der Waals surface area contributed by atoms with Crippen molar-refractivity contribution in [3.05, 3.63) is 106 Å². The monoisotopic (exact) mass is 721 g/mol. The Bertz CT molecular complexity index is 1910. The van der Waals surface area contributed by atoms with E-state index in [0.29, 0.717) is 16.9 Å². The first-order valence-electron chi connectivity index (χ1n) is 15.6. The van der Waals surface area contributed by atoms with Gasteiger partial charge in [0, 0.05) is 18.2 Å². The molecule has 0 spiro atoms. The molecule has 0 radical (unpaired) electrons. The van der Waals surface area contributed by atoms with Crippen LogP contribution in [-0.2, 0) is 30.4 Å². The summed E-state index contributed by atoms with van der Waals surface area (Å²) >= 11 is 12.1. The van der Waals surface area contributed by atoms with Crippen LogP contribution < -0.4 is 10.6 Å². The van der Waals surface area contributed by atoms with Gasteiger partial charge in [-0.1, -0.05) is 96.8 Å². The number of ketones is 1. The number of aliphatic carboxylic acids is 1. The van der Waals surface area contributed by atoms with Crippen LogP contribution in [0.3, 0.4) is 0 Å². The Morgan fingerprint density at radius 3 is 2.28 bits per heavy atom. The number of esters is 1. The molecule has 0 fully saturated rings.